The summed E-state index contributed by atoms with van der Waals surface area (Å²) in [6, 6.07) is 0. The number of nitrogens with zero attached hydrogens (tertiary/aromatic N) is 2. The largest absolute Gasteiger partial charge is 0.396 e. The molecule has 1 rings (SSSR count). The minimum absolute atomic E-state index is 0.219. The van der Waals surface area contributed by atoms with Gasteiger partial charge in [0.25, 0.3) is 0 Å². The second kappa shape index (κ2) is 7.45. The third-order valence-corrected chi connectivity index (χ3v) is 2.90. The number of nitrogens with one attached hydrogen (secondary N) is 2. The Labute approximate surface area is 110 Å². The van der Waals surface area contributed by atoms with Gasteiger partial charge in [0, 0.05) is 25.9 Å². The zero-order chi connectivity index (χ0) is 12.7. The fraction of sp³-hybridized carbons (Fsp3) is 0.636. The lowest BCUT2D eigenvalue weighted by atomic mass is 10.1. The summed E-state index contributed by atoms with van der Waals surface area (Å²) < 4.78 is 0.843. The number of anilines is 2. The van der Waals surface area contributed by atoms with E-state index < -0.39 is 0 Å². The summed E-state index contributed by atoms with van der Waals surface area (Å²) >= 11 is 3.41. The quantitative estimate of drug-likeness (QED) is 0.719. The van der Waals surface area contributed by atoms with Crippen molar-refractivity contribution in [1.29, 1.82) is 0 Å². The number of rotatable bonds is 7. The van der Waals surface area contributed by atoms with E-state index >= 15 is 0 Å². The zero-order valence-electron chi connectivity index (χ0n) is 10.2. The van der Waals surface area contributed by atoms with Crippen LogP contribution in [0.1, 0.15) is 20.3 Å². The molecule has 3 N–H and O–H groups in total. The lowest BCUT2D eigenvalue weighted by molar-refractivity contribution is 0.266. The maximum Gasteiger partial charge on any atom is 0.224 e. The summed E-state index contributed by atoms with van der Waals surface area (Å²) in [4.78, 5) is 8.49. The monoisotopic (exact) mass is 302 g/mol. The second-order valence-electron chi connectivity index (χ2n) is 3.92. The van der Waals surface area contributed by atoms with Crippen molar-refractivity contribution in [3.63, 3.8) is 0 Å². The maximum absolute atomic E-state index is 8.83. The summed E-state index contributed by atoms with van der Waals surface area (Å²) in [6.45, 7) is 5.88. The zero-order valence-corrected chi connectivity index (χ0v) is 11.8. The summed E-state index contributed by atoms with van der Waals surface area (Å²) in [7, 11) is 0. The molecule has 6 heteroatoms. The molecule has 0 saturated carbocycles. The van der Waals surface area contributed by atoms with Gasteiger partial charge in [-0.25, -0.2) is 4.98 Å². The molecule has 96 valence electrons. The van der Waals surface area contributed by atoms with Gasteiger partial charge in [-0.05, 0) is 35.2 Å². The van der Waals surface area contributed by atoms with Crippen molar-refractivity contribution < 1.29 is 5.11 Å². The molecule has 0 aliphatic carbocycles. The number of aliphatic hydroxyl groups is 1. The first-order valence-corrected chi connectivity index (χ1v) is 6.57. The van der Waals surface area contributed by atoms with Crippen LogP contribution in [0.5, 0.6) is 0 Å². The van der Waals surface area contributed by atoms with Crippen molar-refractivity contribution in [2.75, 3.05) is 30.3 Å². The van der Waals surface area contributed by atoms with Gasteiger partial charge in [0.15, 0.2) is 0 Å². The first-order chi connectivity index (χ1) is 8.17. The Hall–Kier alpha value is -0.880. The van der Waals surface area contributed by atoms with Crippen LogP contribution in [0.25, 0.3) is 0 Å². The van der Waals surface area contributed by atoms with E-state index in [9.17, 15) is 0 Å². The highest BCUT2D eigenvalue weighted by atomic mass is 79.9. The number of hydrogen-bond acceptors (Lipinski definition) is 5. The molecular formula is C11H19BrN4O. The number of hydrogen-bond donors (Lipinski definition) is 3. The van der Waals surface area contributed by atoms with Crippen LogP contribution in [-0.2, 0) is 0 Å². The average Bonchev–Trinajstić information content (AvgIpc) is 2.30. The van der Waals surface area contributed by atoms with Crippen molar-refractivity contribution >= 4 is 27.7 Å². The lowest BCUT2D eigenvalue weighted by Gasteiger charge is -2.13. The van der Waals surface area contributed by atoms with E-state index in [1.54, 1.807) is 6.20 Å². The highest BCUT2D eigenvalue weighted by molar-refractivity contribution is 9.10. The fourth-order valence-electron chi connectivity index (χ4n) is 1.33. The lowest BCUT2D eigenvalue weighted by Crippen LogP contribution is -2.14. The van der Waals surface area contributed by atoms with Crippen molar-refractivity contribution in [2.24, 2.45) is 5.92 Å². The Morgan fingerprint density at radius 1 is 1.47 bits per heavy atom. The van der Waals surface area contributed by atoms with Crippen molar-refractivity contribution in [3.05, 3.63) is 10.7 Å². The molecule has 0 amide bonds. The minimum Gasteiger partial charge on any atom is -0.396 e. The minimum atomic E-state index is 0.219. The van der Waals surface area contributed by atoms with Crippen LogP contribution < -0.4 is 10.6 Å². The highest BCUT2D eigenvalue weighted by Crippen LogP contribution is 2.20. The molecule has 5 nitrogen and oxygen atoms in total. The molecule has 0 spiro atoms. The smallest absolute Gasteiger partial charge is 0.224 e. The number of halogens is 1. The number of aliphatic hydroxyl groups excluding tert-OH is 1. The van der Waals surface area contributed by atoms with Gasteiger partial charge in [-0.2, -0.15) is 4.98 Å². The Morgan fingerprint density at radius 3 is 2.88 bits per heavy atom. The first kappa shape index (κ1) is 14.2. The van der Waals surface area contributed by atoms with Crippen LogP contribution in [0.4, 0.5) is 11.8 Å². The molecule has 0 bridgehead atoms. The first-order valence-electron chi connectivity index (χ1n) is 5.78. The van der Waals surface area contributed by atoms with Crippen LogP contribution in [0.15, 0.2) is 10.7 Å². The van der Waals surface area contributed by atoms with Gasteiger partial charge < -0.3 is 15.7 Å². The second-order valence-corrected chi connectivity index (χ2v) is 4.77. The SMILES string of the molecule is CCNc1ncc(Br)c(NCC(C)CCO)n1. The van der Waals surface area contributed by atoms with Gasteiger partial charge in [0.1, 0.15) is 5.82 Å². The maximum atomic E-state index is 8.83. The Balaban J connectivity index is 2.59. The molecule has 0 radical (unpaired) electrons. The predicted octanol–water partition coefficient (Wildman–Crippen LogP) is 2.10. The van der Waals surface area contributed by atoms with Gasteiger partial charge in [0.2, 0.25) is 5.95 Å². The van der Waals surface area contributed by atoms with E-state index in [1.807, 2.05) is 6.92 Å². The molecule has 1 aromatic rings. The Morgan fingerprint density at radius 2 is 2.24 bits per heavy atom. The van der Waals surface area contributed by atoms with Gasteiger partial charge in [0.05, 0.1) is 4.47 Å². The Kier molecular flexibility index (Phi) is 6.21. The third-order valence-electron chi connectivity index (χ3n) is 2.32. The van der Waals surface area contributed by atoms with Crippen LogP contribution >= 0.6 is 15.9 Å². The molecule has 0 aliphatic heterocycles. The van der Waals surface area contributed by atoms with Gasteiger partial charge in [-0.15, -0.1) is 0 Å². The summed E-state index contributed by atoms with van der Waals surface area (Å²) in [6.07, 6.45) is 2.51. The third kappa shape index (κ3) is 4.87. The molecule has 1 heterocycles. The van der Waals surface area contributed by atoms with Gasteiger partial charge in [-0.1, -0.05) is 6.92 Å². The van der Waals surface area contributed by atoms with Gasteiger partial charge in [-0.3, -0.25) is 0 Å². The molecule has 1 unspecified atom stereocenters. The van der Waals surface area contributed by atoms with Crippen LogP contribution in [0, 0.1) is 5.92 Å². The Bertz CT molecular complexity index is 348. The molecule has 17 heavy (non-hydrogen) atoms. The predicted molar refractivity (Wildman–Crippen MR) is 73.3 cm³/mol. The molecule has 0 aromatic carbocycles. The van der Waals surface area contributed by atoms with E-state index in [-0.39, 0.29) is 6.61 Å². The molecule has 1 aromatic heterocycles. The van der Waals surface area contributed by atoms with Crippen LogP contribution in [0.2, 0.25) is 0 Å². The number of aromatic nitrogens is 2. The van der Waals surface area contributed by atoms with Crippen molar-refractivity contribution in [3.8, 4) is 0 Å². The molecular weight excluding hydrogens is 284 g/mol. The normalized spacial score (nSPS) is 12.2. The fourth-order valence-corrected chi connectivity index (χ4v) is 1.66. The van der Waals surface area contributed by atoms with E-state index in [0.29, 0.717) is 11.9 Å². The van der Waals surface area contributed by atoms with Gasteiger partial charge >= 0.3 is 0 Å². The van der Waals surface area contributed by atoms with E-state index in [0.717, 1.165) is 29.8 Å². The molecule has 0 fully saturated rings. The molecule has 0 saturated heterocycles. The summed E-state index contributed by atoms with van der Waals surface area (Å²) in [5.41, 5.74) is 0. The highest BCUT2D eigenvalue weighted by Gasteiger charge is 2.06. The molecule has 1 atom stereocenters. The average molecular weight is 303 g/mol. The standard InChI is InChI=1S/C11H19BrN4O/c1-3-13-11-15-7-9(12)10(16-11)14-6-8(2)4-5-17/h7-8,17H,3-6H2,1-2H3,(H2,13,14,15,16). The topological polar surface area (TPSA) is 70.1 Å². The summed E-state index contributed by atoms with van der Waals surface area (Å²) in [5, 5.41) is 15.1. The molecule has 0 aliphatic rings. The van der Waals surface area contributed by atoms with E-state index in [1.165, 1.54) is 0 Å². The van der Waals surface area contributed by atoms with Crippen LogP contribution in [0.3, 0.4) is 0 Å². The van der Waals surface area contributed by atoms with Crippen molar-refractivity contribution in [2.45, 2.75) is 20.3 Å². The van der Waals surface area contributed by atoms with E-state index in [4.69, 9.17) is 5.11 Å². The van der Waals surface area contributed by atoms with Crippen LogP contribution in [-0.4, -0.2) is 34.8 Å². The summed E-state index contributed by atoms with van der Waals surface area (Å²) in [5.74, 6) is 1.80. The van der Waals surface area contributed by atoms with E-state index in [2.05, 4.69) is 43.5 Å². The van der Waals surface area contributed by atoms with Crippen molar-refractivity contribution in [1.82, 2.24) is 9.97 Å².